The van der Waals surface area contributed by atoms with Crippen LogP contribution < -0.4 is 4.74 Å². The summed E-state index contributed by atoms with van der Waals surface area (Å²) >= 11 is 0. The molecule has 2 unspecified atom stereocenters. The van der Waals surface area contributed by atoms with E-state index in [-0.39, 0.29) is 17.0 Å². The third-order valence-corrected chi connectivity index (χ3v) is 5.79. The van der Waals surface area contributed by atoms with E-state index in [2.05, 4.69) is 9.88 Å². The Morgan fingerprint density at radius 1 is 1.32 bits per heavy atom. The molecule has 2 bridgehead atoms. The maximum Gasteiger partial charge on any atom is 0.245 e. The van der Waals surface area contributed by atoms with Crippen molar-refractivity contribution in [3.05, 3.63) is 18.3 Å². The quantitative estimate of drug-likeness (QED) is 0.791. The van der Waals surface area contributed by atoms with Crippen LogP contribution in [-0.4, -0.2) is 61.9 Å². The van der Waals surface area contributed by atoms with Crippen molar-refractivity contribution in [2.24, 2.45) is 0 Å². The summed E-state index contributed by atoms with van der Waals surface area (Å²) in [6, 6.07) is 3.35. The maximum absolute atomic E-state index is 12.6. The number of ether oxygens (including phenoxy) is 1. The first-order valence-electron chi connectivity index (χ1n) is 6.24. The Hall–Kier alpha value is -1.18. The third-order valence-electron chi connectivity index (χ3n) is 3.80. The van der Waals surface area contributed by atoms with Gasteiger partial charge in [-0.2, -0.15) is 4.31 Å². The number of fused-ring (bicyclic) bond motifs is 2. The van der Waals surface area contributed by atoms with Crippen LogP contribution >= 0.6 is 0 Å². The fourth-order valence-electron chi connectivity index (χ4n) is 2.94. The lowest BCUT2D eigenvalue weighted by molar-refractivity contribution is 0.00559. The highest BCUT2D eigenvalue weighted by atomic mass is 32.2. The number of likely N-dealkylation sites (tertiary alicyclic amines) is 1. The van der Waals surface area contributed by atoms with Crippen LogP contribution in [0.15, 0.2) is 23.2 Å². The predicted octanol–water partition coefficient (Wildman–Crippen LogP) is 0.167. The van der Waals surface area contributed by atoms with Crippen molar-refractivity contribution in [2.75, 3.05) is 27.2 Å². The van der Waals surface area contributed by atoms with Gasteiger partial charge < -0.3 is 9.64 Å². The standard InChI is InChI=1S/C12H17N3O3S/c1-14-7-9-5-10(8-14)15(9)19(16,17)11-3-4-12(18-2)13-6-11/h3-4,6,9-10H,5,7-8H2,1-2H3. The number of sulfonamides is 1. The fourth-order valence-corrected chi connectivity index (χ4v) is 4.70. The summed E-state index contributed by atoms with van der Waals surface area (Å²) in [5, 5.41) is 0. The molecule has 3 rings (SSSR count). The molecule has 7 heteroatoms. The van der Waals surface area contributed by atoms with Crippen LogP contribution in [0.25, 0.3) is 0 Å². The van der Waals surface area contributed by atoms with Gasteiger partial charge in [0, 0.05) is 31.2 Å². The lowest BCUT2D eigenvalue weighted by Crippen LogP contribution is -2.69. The summed E-state index contributed by atoms with van der Waals surface area (Å²) in [6.07, 6.45) is 2.33. The molecule has 0 amide bonds. The third kappa shape index (κ3) is 2.01. The summed E-state index contributed by atoms with van der Waals surface area (Å²) in [5.41, 5.74) is 0. The second-order valence-corrected chi connectivity index (χ2v) is 6.98. The number of likely N-dealkylation sites (N-methyl/N-ethyl adjacent to an activating group) is 1. The average molecular weight is 283 g/mol. The number of nitrogens with zero attached hydrogens (tertiary/aromatic N) is 3. The molecule has 1 aromatic heterocycles. The van der Waals surface area contributed by atoms with Gasteiger partial charge >= 0.3 is 0 Å². The summed E-state index contributed by atoms with van der Waals surface area (Å²) in [7, 11) is 0.111. The minimum Gasteiger partial charge on any atom is -0.481 e. The van der Waals surface area contributed by atoms with E-state index in [0.29, 0.717) is 5.88 Å². The molecule has 0 aromatic carbocycles. The fraction of sp³-hybridized carbons (Fsp3) is 0.583. The molecule has 1 aromatic rings. The molecule has 0 saturated carbocycles. The van der Waals surface area contributed by atoms with Crippen molar-refractivity contribution in [3.63, 3.8) is 0 Å². The topological polar surface area (TPSA) is 62.7 Å². The van der Waals surface area contributed by atoms with Gasteiger partial charge in [0.05, 0.1) is 13.3 Å². The predicted molar refractivity (Wildman–Crippen MR) is 69.5 cm³/mol. The van der Waals surface area contributed by atoms with Crippen LogP contribution in [0.3, 0.4) is 0 Å². The lowest BCUT2D eigenvalue weighted by atomic mass is 9.92. The molecule has 19 heavy (non-hydrogen) atoms. The van der Waals surface area contributed by atoms with Crippen LogP contribution in [0.1, 0.15) is 6.42 Å². The van der Waals surface area contributed by atoms with Crippen molar-refractivity contribution in [1.29, 1.82) is 0 Å². The Kier molecular flexibility index (Phi) is 2.99. The molecule has 6 nitrogen and oxygen atoms in total. The molecule has 0 aliphatic carbocycles. The Morgan fingerprint density at radius 2 is 2.00 bits per heavy atom. The molecular weight excluding hydrogens is 266 g/mol. The molecule has 2 atom stereocenters. The number of piperidine rings is 1. The van der Waals surface area contributed by atoms with E-state index >= 15 is 0 Å². The van der Waals surface area contributed by atoms with E-state index in [1.54, 1.807) is 16.4 Å². The average Bonchev–Trinajstić information content (AvgIpc) is 2.37. The van der Waals surface area contributed by atoms with Crippen LogP contribution in [0.4, 0.5) is 0 Å². The van der Waals surface area contributed by atoms with Gasteiger partial charge in [-0.3, -0.25) is 0 Å². The van der Waals surface area contributed by atoms with Gasteiger partial charge in [0.1, 0.15) is 4.90 Å². The molecule has 3 heterocycles. The maximum atomic E-state index is 12.6. The molecule has 104 valence electrons. The lowest BCUT2D eigenvalue weighted by Gasteiger charge is -2.54. The van der Waals surface area contributed by atoms with Crippen molar-refractivity contribution >= 4 is 10.0 Å². The number of rotatable bonds is 3. The Balaban J connectivity index is 1.87. The molecule has 2 aliphatic rings. The van der Waals surface area contributed by atoms with E-state index in [9.17, 15) is 8.42 Å². The first-order valence-corrected chi connectivity index (χ1v) is 7.68. The SMILES string of the molecule is COc1ccc(S(=O)(=O)N2C3CC2CN(C)C3)cn1. The van der Waals surface area contributed by atoms with Crippen LogP contribution in [0.2, 0.25) is 0 Å². The van der Waals surface area contributed by atoms with Crippen LogP contribution in [-0.2, 0) is 10.0 Å². The number of hydrogen-bond donors (Lipinski definition) is 0. The van der Waals surface area contributed by atoms with Gasteiger partial charge in [-0.1, -0.05) is 0 Å². The van der Waals surface area contributed by atoms with Gasteiger partial charge in [-0.15, -0.1) is 0 Å². The zero-order chi connectivity index (χ0) is 13.6. The van der Waals surface area contributed by atoms with E-state index in [0.717, 1.165) is 19.5 Å². The summed E-state index contributed by atoms with van der Waals surface area (Å²) in [6.45, 7) is 1.61. The summed E-state index contributed by atoms with van der Waals surface area (Å²) in [5.74, 6) is 0.419. The highest BCUT2D eigenvalue weighted by molar-refractivity contribution is 7.89. The van der Waals surface area contributed by atoms with Crippen molar-refractivity contribution in [1.82, 2.24) is 14.2 Å². The second kappa shape index (κ2) is 4.43. The Labute approximate surface area is 113 Å². The zero-order valence-electron chi connectivity index (χ0n) is 11.0. The second-order valence-electron chi connectivity index (χ2n) is 5.14. The summed E-state index contributed by atoms with van der Waals surface area (Å²) < 4.78 is 31.7. The molecule has 2 aliphatic heterocycles. The first-order chi connectivity index (χ1) is 9.02. The minimum atomic E-state index is -3.42. The first kappa shape index (κ1) is 12.8. The van der Waals surface area contributed by atoms with Gasteiger partial charge in [0.25, 0.3) is 0 Å². The molecule has 2 fully saturated rings. The summed E-state index contributed by atoms with van der Waals surface area (Å²) in [4.78, 5) is 6.40. The van der Waals surface area contributed by atoms with E-state index in [4.69, 9.17) is 4.74 Å². The Bertz CT molecular complexity index is 560. The van der Waals surface area contributed by atoms with Crippen LogP contribution in [0.5, 0.6) is 5.88 Å². The molecular formula is C12H17N3O3S. The number of aromatic nitrogens is 1. The van der Waals surface area contributed by atoms with Gasteiger partial charge in [0.15, 0.2) is 0 Å². The van der Waals surface area contributed by atoms with Crippen LogP contribution in [0, 0.1) is 0 Å². The van der Waals surface area contributed by atoms with Gasteiger partial charge in [-0.05, 0) is 19.5 Å². The van der Waals surface area contributed by atoms with E-state index in [1.807, 2.05) is 7.05 Å². The molecule has 0 N–H and O–H groups in total. The van der Waals surface area contributed by atoms with Gasteiger partial charge in [-0.25, -0.2) is 13.4 Å². The van der Waals surface area contributed by atoms with Crippen molar-refractivity contribution < 1.29 is 13.2 Å². The number of pyridine rings is 1. The zero-order valence-corrected chi connectivity index (χ0v) is 11.8. The monoisotopic (exact) mass is 283 g/mol. The Morgan fingerprint density at radius 3 is 2.53 bits per heavy atom. The highest BCUT2D eigenvalue weighted by Gasteiger charge is 2.50. The number of piperazine rings is 1. The smallest absolute Gasteiger partial charge is 0.245 e. The molecule has 0 spiro atoms. The van der Waals surface area contributed by atoms with Gasteiger partial charge in [0.2, 0.25) is 15.9 Å². The largest absolute Gasteiger partial charge is 0.481 e. The highest BCUT2D eigenvalue weighted by Crippen LogP contribution is 2.36. The van der Waals surface area contributed by atoms with Crippen molar-refractivity contribution in [3.8, 4) is 5.88 Å². The van der Waals surface area contributed by atoms with Crippen molar-refractivity contribution in [2.45, 2.75) is 23.4 Å². The number of hydrogen-bond acceptors (Lipinski definition) is 5. The minimum absolute atomic E-state index is 0.107. The molecule has 0 radical (unpaired) electrons. The normalized spacial score (nSPS) is 27.9. The van der Waals surface area contributed by atoms with E-state index < -0.39 is 10.0 Å². The number of methoxy groups -OCH3 is 1. The van der Waals surface area contributed by atoms with E-state index in [1.165, 1.54) is 13.3 Å². The molecule has 2 saturated heterocycles.